The fourth-order valence-corrected chi connectivity index (χ4v) is 3.03. The van der Waals surface area contributed by atoms with Crippen LogP contribution in [0.15, 0.2) is 58.3 Å². The van der Waals surface area contributed by atoms with Crippen molar-refractivity contribution < 1.29 is 18.3 Å². The number of hydrogen-bond acceptors (Lipinski definition) is 5. The van der Waals surface area contributed by atoms with Crippen molar-refractivity contribution in [2.24, 2.45) is 0 Å². The third-order valence-electron chi connectivity index (χ3n) is 2.99. The van der Waals surface area contributed by atoms with Gasteiger partial charge in [0.2, 0.25) is 9.84 Å². The quantitative estimate of drug-likeness (QED) is 0.877. The third kappa shape index (κ3) is 2.95. The molecule has 112 valence electrons. The van der Waals surface area contributed by atoms with E-state index in [1.54, 1.807) is 30.3 Å². The van der Waals surface area contributed by atoms with E-state index >= 15 is 0 Å². The minimum Gasteiger partial charge on any atom is -0.504 e. The minimum absolute atomic E-state index is 0.0187. The van der Waals surface area contributed by atoms with E-state index in [1.807, 2.05) is 0 Å². The standard InChI is InChI=1S/C16H13NO4S/c1-21-15-9-5-6-12(16(15)18)10-14(11-17)22(19,20)13-7-3-2-4-8-13/h2-10,18H,1H3. The second-order valence-corrected chi connectivity index (χ2v) is 6.25. The van der Waals surface area contributed by atoms with E-state index in [0.29, 0.717) is 0 Å². The monoisotopic (exact) mass is 315 g/mol. The average molecular weight is 315 g/mol. The maximum atomic E-state index is 12.4. The maximum absolute atomic E-state index is 12.4. The first-order chi connectivity index (χ1) is 10.5. The average Bonchev–Trinajstić information content (AvgIpc) is 2.54. The number of rotatable bonds is 4. The molecular weight excluding hydrogens is 302 g/mol. The summed E-state index contributed by atoms with van der Waals surface area (Å²) in [4.78, 5) is -0.438. The molecular formula is C16H13NO4S. The highest BCUT2D eigenvalue weighted by atomic mass is 32.2. The zero-order chi connectivity index (χ0) is 16.2. The molecule has 1 N–H and O–H groups in total. The number of phenolic OH excluding ortho intramolecular Hbond substituents is 1. The summed E-state index contributed by atoms with van der Waals surface area (Å²) >= 11 is 0. The highest BCUT2D eigenvalue weighted by Gasteiger charge is 2.21. The summed E-state index contributed by atoms with van der Waals surface area (Å²) in [5.74, 6) is -0.0239. The lowest BCUT2D eigenvalue weighted by atomic mass is 10.1. The van der Waals surface area contributed by atoms with Crippen LogP contribution in [-0.2, 0) is 9.84 Å². The van der Waals surface area contributed by atoms with Crippen LogP contribution in [-0.4, -0.2) is 20.6 Å². The van der Waals surface area contributed by atoms with Crippen LogP contribution in [0.25, 0.3) is 6.08 Å². The van der Waals surface area contributed by atoms with Crippen LogP contribution in [0.1, 0.15) is 5.56 Å². The molecule has 0 unspecified atom stereocenters. The molecule has 0 bridgehead atoms. The Morgan fingerprint density at radius 1 is 1.18 bits per heavy atom. The van der Waals surface area contributed by atoms with Crippen LogP contribution in [0.3, 0.4) is 0 Å². The molecule has 5 nitrogen and oxygen atoms in total. The summed E-state index contributed by atoms with van der Waals surface area (Å²) in [6, 6.07) is 13.9. The number of para-hydroxylation sites is 1. The molecule has 2 aromatic carbocycles. The SMILES string of the molecule is COc1cccc(C=C(C#N)S(=O)(=O)c2ccccc2)c1O. The number of aromatic hydroxyl groups is 1. The molecule has 0 saturated carbocycles. The number of sulfone groups is 1. The van der Waals surface area contributed by atoms with Crippen molar-refractivity contribution in [3.63, 3.8) is 0 Å². The normalized spacial score (nSPS) is 11.7. The lowest BCUT2D eigenvalue weighted by molar-refractivity contribution is 0.373. The van der Waals surface area contributed by atoms with Crippen molar-refractivity contribution in [3.8, 4) is 17.6 Å². The van der Waals surface area contributed by atoms with Gasteiger partial charge in [0.15, 0.2) is 11.5 Å². The number of benzene rings is 2. The highest BCUT2D eigenvalue weighted by molar-refractivity contribution is 7.95. The van der Waals surface area contributed by atoms with Crippen molar-refractivity contribution in [3.05, 3.63) is 59.0 Å². The second kappa shape index (κ2) is 6.33. The van der Waals surface area contributed by atoms with Crippen LogP contribution in [0.5, 0.6) is 11.5 Å². The van der Waals surface area contributed by atoms with Gasteiger partial charge in [0.05, 0.1) is 12.0 Å². The van der Waals surface area contributed by atoms with E-state index in [4.69, 9.17) is 4.74 Å². The van der Waals surface area contributed by atoms with Crippen molar-refractivity contribution >= 4 is 15.9 Å². The Kier molecular flexibility index (Phi) is 4.49. The zero-order valence-electron chi connectivity index (χ0n) is 11.7. The van der Waals surface area contributed by atoms with E-state index < -0.39 is 14.7 Å². The molecule has 0 aliphatic carbocycles. The predicted molar refractivity (Wildman–Crippen MR) is 81.9 cm³/mol. The number of ether oxygens (including phenoxy) is 1. The number of nitriles is 1. The van der Waals surface area contributed by atoms with Crippen LogP contribution in [0.2, 0.25) is 0 Å². The Hall–Kier alpha value is -2.78. The van der Waals surface area contributed by atoms with Gasteiger partial charge in [-0.05, 0) is 24.3 Å². The fourth-order valence-electron chi connectivity index (χ4n) is 1.86. The Labute approximate surface area is 128 Å². The van der Waals surface area contributed by atoms with Crippen LogP contribution >= 0.6 is 0 Å². The molecule has 6 heteroatoms. The fraction of sp³-hybridized carbons (Fsp3) is 0.0625. The van der Waals surface area contributed by atoms with Gasteiger partial charge in [0, 0.05) is 5.56 Å². The Morgan fingerprint density at radius 3 is 2.45 bits per heavy atom. The van der Waals surface area contributed by atoms with Gasteiger partial charge in [-0.25, -0.2) is 8.42 Å². The van der Waals surface area contributed by atoms with Gasteiger partial charge >= 0.3 is 0 Å². The molecule has 0 amide bonds. The first kappa shape index (κ1) is 15.6. The molecule has 0 fully saturated rings. The zero-order valence-corrected chi connectivity index (χ0v) is 12.5. The van der Waals surface area contributed by atoms with Gasteiger partial charge in [0.1, 0.15) is 11.0 Å². The van der Waals surface area contributed by atoms with E-state index in [0.717, 1.165) is 6.08 Å². The molecule has 0 spiro atoms. The largest absolute Gasteiger partial charge is 0.504 e. The first-order valence-electron chi connectivity index (χ1n) is 6.28. The predicted octanol–water partition coefficient (Wildman–Crippen LogP) is 2.74. The summed E-state index contributed by atoms with van der Waals surface area (Å²) in [6.45, 7) is 0. The van der Waals surface area contributed by atoms with Crippen LogP contribution in [0, 0.1) is 11.3 Å². The van der Waals surface area contributed by atoms with Gasteiger partial charge in [-0.2, -0.15) is 5.26 Å². The van der Waals surface area contributed by atoms with Crippen molar-refractivity contribution in [2.45, 2.75) is 4.90 Å². The Bertz CT molecular complexity index is 849. The lowest BCUT2D eigenvalue weighted by Gasteiger charge is -2.07. The molecule has 0 radical (unpaired) electrons. The summed E-state index contributed by atoms with van der Waals surface area (Å²) < 4.78 is 29.8. The molecule has 22 heavy (non-hydrogen) atoms. The molecule has 0 aliphatic rings. The molecule has 0 atom stereocenters. The summed E-state index contributed by atoms with van der Waals surface area (Å²) in [5.41, 5.74) is 0.190. The molecule has 0 aliphatic heterocycles. The molecule has 2 aromatic rings. The van der Waals surface area contributed by atoms with E-state index in [9.17, 15) is 18.8 Å². The molecule has 2 rings (SSSR count). The first-order valence-corrected chi connectivity index (χ1v) is 7.77. The van der Waals surface area contributed by atoms with E-state index in [2.05, 4.69) is 0 Å². The highest BCUT2D eigenvalue weighted by Crippen LogP contribution is 2.32. The Morgan fingerprint density at radius 2 is 1.86 bits per heavy atom. The van der Waals surface area contributed by atoms with Gasteiger partial charge in [-0.3, -0.25) is 0 Å². The third-order valence-corrected chi connectivity index (χ3v) is 4.67. The Balaban J connectivity index is 2.57. The van der Waals surface area contributed by atoms with Gasteiger partial charge in [0.25, 0.3) is 0 Å². The number of phenols is 1. The number of allylic oxidation sites excluding steroid dienone is 1. The van der Waals surface area contributed by atoms with Crippen molar-refractivity contribution in [1.29, 1.82) is 5.26 Å². The topological polar surface area (TPSA) is 87.4 Å². The van der Waals surface area contributed by atoms with E-state index in [1.165, 1.54) is 31.4 Å². The molecule has 0 heterocycles. The van der Waals surface area contributed by atoms with E-state index in [-0.39, 0.29) is 22.0 Å². The lowest BCUT2D eigenvalue weighted by Crippen LogP contribution is -2.03. The van der Waals surface area contributed by atoms with Gasteiger partial charge in [-0.15, -0.1) is 0 Å². The summed E-state index contributed by atoms with van der Waals surface area (Å²) in [7, 11) is -2.55. The van der Waals surface area contributed by atoms with Gasteiger partial charge < -0.3 is 9.84 Å². The summed E-state index contributed by atoms with van der Waals surface area (Å²) in [6.07, 6.45) is 1.13. The van der Waals surface area contributed by atoms with Crippen molar-refractivity contribution in [1.82, 2.24) is 0 Å². The summed E-state index contributed by atoms with van der Waals surface area (Å²) in [5, 5.41) is 19.2. The molecule has 0 saturated heterocycles. The minimum atomic E-state index is -3.94. The maximum Gasteiger partial charge on any atom is 0.216 e. The number of methoxy groups -OCH3 is 1. The van der Waals surface area contributed by atoms with Crippen LogP contribution in [0.4, 0.5) is 0 Å². The number of hydrogen-bond donors (Lipinski definition) is 1. The van der Waals surface area contributed by atoms with Crippen LogP contribution < -0.4 is 4.74 Å². The second-order valence-electron chi connectivity index (χ2n) is 4.33. The molecule has 0 aromatic heterocycles. The van der Waals surface area contributed by atoms with Gasteiger partial charge in [-0.1, -0.05) is 30.3 Å². The smallest absolute Gasteiger partial charge is 0.216 e. The van der Waals surface area contributed by atoms with Crippen molar-refractivity contribution in [2.75, 3.05) is 7.11 Å². The number of nitrogens with zero attached hydrogens (tertiary/aromatic N) is 1.